The van der Waals surface area contributed by atoms with Crippen LogP contribution < -0.4 is 4.74 Å². The maximum Gasteiger partial charge on any atom is 0.295 e. The zero-order chi connectivity index (χ0) is 25.3. The average molecular weight is 492 g/mol. The Morgan fingerprint density at radius 1 is 0.971 bits per heavy atom. The molecule has 1 amide bonds. The molecule has 1 unspecified atom stereocenters. The number of carbonyl (C=O) groups is 2. The molecule has 1 fully saturated rings. The number of para-hydroxylation sites is 1. The number of halogens is 1. The maximum absolute atomic E-state index is 13.3. The number of hydrogen-bond donors (Lipinski definition) is 2. The third kappa shape index (κ3) is 5.17. The summed E-state index contributed by atoms with van der Waals surface area (Å²) in [7, 11) is 0. The molecule has 0 spiro atoms. The number of phenols is 1. The number of aromatic hydroxyl groups is 1. The Morgan fingerprint density at radius 3 is 2.23 bits per heavy atom. The lowest BCUT2D eigenvalue weighted by Crippen LogP contribution is -2.30. The fourth-order valence-corrected chi connectivity index (χ4v) is 4.18. The van der Waals surface area contributed by atoms with E-state index in [0.717, 1.165) is 5.56 Å². The van der Waals surface area contributed by atoms with Gasteiger partial charge in [0.05, 0.1) is 18.2 Å². The van der Waals surface area contributed by atoms with Gasteiger partial charge in [-0.25, -0.2) is 0 Å². The van der Waals surface area contributed by atoms with Gasteiger partial charge in [0.1, 0.15) is 22.9 Å². The van der Waals surface area contributed by atoms with E-state index < -0.39 is 23.3 Å². The highest BCUT2D eigenvalue weighted by atomic mass is 35.5. The summed E-state index contributed by atoms with van der Waals surface area (Å²) in [5.74, 6) is -1.16. The molecule has 7 heteroatoms. The molecule has 1 saturated heterocycles. The number of likely N-dealkylation sites (tertiary alicyclic amines) is 1. The first-order valence-electron chi connectivity index (χ1n) is 11.2. The van der Waals surface area contributed by atoms with Gasteiger partial charge in [0.25, 0.3) is 11.7 Å². The number of nitrogens with zero attached hydrogens (tertiary/aromatic N) is 1. The van der Waals surface area contributed by atoms with Crippen LogP contribution in [-0.2, 0) is 16.1 Å². The second kappa shape index (κ2) is 9.47. The van der Waals surface area contributed by atoms with E-state index in [0.29, 0.717) is 21.9 Å². The van der Waals surface area contributed by atoms with Gasteiger partial charge in [-0.1, -0.05) is 41.9 Å². The van der Waals surface area contributed by atoms with Crippen LogP contribution in [0, 0.1) is 0 Å². The molecule has 0 aromatic heterocycles. The van der Waals surface area contributed by atoms with Gasteiger partial charge in [-0.15, -0.1) is 0 Å². The summed E-state index contributed by atoms with van der Waals surface area (Å²) in [6.07, 6.45) is 0. The number of phenolic OH excluding ortho intramolecular Hbond substituents is 1. The molecule has 1 heterocycles. The Labute approximate surface area is 209 Å². The highest BCUT2D eigenvalue weighted by Crippen LogP contribution is 2.41. The van der Waals surface area contributed by atoms with Crippen LogP contribution in [0.25, 0.3) is 5.76 Å². The summed E-state index contributed by atoms with van der Waals surface area (Å²) < 4.78 is 6.09. The second-order valence-corrected chi connectivity index (χ2v) is 9.78. The van der Waals surface area contributed by atoms with Crippen LogP contribution >= 0.6 is 11.6 Å². The van der Waals surface area contributed by atoms with Crippen molar-refractivity contribution in [3.05, 3.63) is 100 Å². The molecule has 0 bridgehead atoms. The van der Waals surface area contributed by atoms with Crippen molar-refractivity contribution in [1.82, 2.24) is 4.90 Å². The van der Waals surface area contributed by atoms with Gasteiger partial charge in [-0.05, 0) is 68.8 Å². The van der Waals surface area contributed by atoms with Crippen LogP contribution in [0.1, 0.15) is 43.5 Å². The monoisotopic (exact) mass is 491 g/mol. The predicted octanol–water partition coefficient (Wildman–Crippen LogP) is 5.84. The summed E-state index contributed by atoms with van der Waals surface area (Å²) in [6, 6.07) is 19.1. The molecule has 3 aromatic rings. The molecule has 1 aliphatic rings. The highest BCUT2D eigenvalue weighted by molar-refractivity contribution is 6.46. The molecule has 0 saturated carbocycles. The van der Waals surface area contributed by atoms with Crippen molar-refractivity contribution in [2.45, 2.75) is 39.0 Å². The number of benzene rings is 3. The summed E-state index contributed by atoms with van der Waals surface area (Å²) in [5, 5.41) is 21.4. The molecule has 3 aromatic carbocycles. The van der Waals surface area contributed by atoms with Crippen LogP contribution in [0.5, 0.6) is 11.5 Å². The number of aliphatic hydroxyl groups is 1. The molecule has 35 heavy (non-hydrogen) atoms. The molecule has 0 aliphatic carbocycles. The standard InChI is InChI=1S/C28H26ClNO5/c1-28(2,3)35-22-7-5-4-6-19(22)16-30-24(17-10-14-21(31)15-11-17)23(26(33)27(30)34)25(32)18-8-12-20(29)13-9-18/h4-15,24,31-32H,16H2,1-3H3/b25-23+. The summed E-state index contributed by atoms with van der Waals surface area (Å²) in [6.45, 7) is 5.87. The number of ketones is 1. The van der Waals surface area contributed by atoms with E-state index in [2.05, 4.69) is 0 Å². The molecule has 4 rings (SSSR count). The molecule has 0 radical (unpaired) electrons. The maximum atomic E-state index is 13.3. The van der Waals surface area contributed by atoms with Gasteiger partial charge in [0.15, 0.2) is 0 Å². The fourth-order valence-electron chi connectivity index (χ4n) is 4.06. The Hall–Kier alpha value is -3.77. The Morgan fingerprint density at radius 2 is 1.60 bits per heavy atom. The van der Waals surface area contributed by atoms with Crippen LogP contribution in [0.3, 0.4) is 0 Å². The molecular weight excluding hydrogens is 466 g/mol. The van der Waals surface area contributed by atoms with E-state index in [1.54, 1.807) is 36.4 Å². The highest BCUT2D eigenvalue weighted by Gasteiger charge is 2.46. The van der Waals surface area contributed by atoms with Crippen molar-refractivity contribution in [3.8, 4) is 11.5 Å². The first-order chi connectivity index (χ1) is 16.5. The Kier molecular flexibility index (Phi) is 6.59. The van der Waals surface area contributed by atoms with Crippen LogP contribution in [0.15, 0.2) is 78.4 Å². The molecule has 1 aliphatic heterocycles. The van der Waals surface area contributed by atoms with Gasteiger partial charge in [-0.2, -0.15) is 0 Å². The number of aliphatic hydroxyl groups excluding tert-OH is 1. The van der Waals surface area contributed by atoms with E-state index in [9.17, 15) is 19.8 Å². The minimum atomic E-state index is -0.867. The molecule has 1 atom stereocenters. The number of ether oxygens (including phenoxy) is 1. The smallest absolute Gasteiger partial charge is 0.295 e. The number of amides is 1. The van der Waals surface area contributed by atoms with Crippen LogP contribution in [0.4, 0.5) is 0 Å². The Bertz CT molecular complexity index is 1290. The van der Waals surface area contributed by atoms with Gasteiger partial charge < -0.3 is 19.8 Å². The average Bonchev–Trinajstić information content (AvgIpc) is 3.05. The van der Waals surface area contributed by atoms with Crippen LogP contribution in [0.2, 0.25) is 5.02 Å². The van der Waals surface area contributed by atoms with E-state index in [1.165, 1.54) is 17.0 Å². The molecule has 180 valence electrons. The summed E-state index contributed by atoms with van der Waals surface area (Å²) in [5.41, 5.74) is 1.17. The second-order valence-electron chi connectivity index (χ2n) is 9.35. The minimum absolute atomic E-state index is 0.0303. The number of carbonyl (C=O) groups excluding carboxylic acids is 2. The van der Waals surface area contributed by atoms with Crippen molar-refractivity contribution in [3.63, 3.8) is 0 Å². The lowest BCUT2D eigenvalue weighted by atomic mass is 9.95. The number of rotatable bonds is 5. The van der Waals surface area contributed by atoms with E-state index in [4.69, 9.17) is 16.3 Å². The van der Waals surface area contributed by atoms with Crippen molar-refractivity contribution in [2.75, 3.05) is 0 Å². The molecule has 2 N–H and O–H groups in total. The topological polar surface area (TPSA) is 87.1 Å². The van der Waals surface area contributed by atoms with Crippen molar-refractivity contribution >= 4 is 29.1 Å². The van der Waals surface area contributed by atoms with Gasteiger partial charge in [-0.3, -0.25) is 9.59 Å². The molecule has 6 nitrogen and oxygen atoms in total. The quantitative estimate of drug-likeness (QED) is 0.266. The minimum Gasteiger partial charge on any atom is -0.508 e. The van der Waals surface area contributed by atoms with E-state index >= 15 is 0 Å². The van der Waals surface area contributed by atoms with Crippen molar-refractivity contribution in [2.24, 2.45) is 0 Å². The lowest BCUT2D eigenvalue weighted by molar-refractivity contribution is -0.140. The van der Waals surface area contributed by atoms with E-state index in [-0.39, 0.29) is 23.6 Å². The fraction of sp³-hybridized carbons (Fsp3) is 0.214. The zero-order valence-electron chi connectivity index (χ0n) is 19.7. The van der Waals surface area contributed by atoms with Gasteiger partial charge in [0.2, 0.25) is 0 Å². The first-order valence-corrected chi connectivity index (χ1v) is 11.5. The normalized spacial score (nSPS) is 17.6. The van der Waals surface area contributed by atoms with Crippen molar-refractivity contribution in [1.29, 1.82) is 0 Å². The number of Topliss-reactive ketones (excluding diaryl/α,β-unsaturated/α-hetero) is 1. The first kappa shape index (κ1) is 24.4. The SMILES string of the molecule is CC(C)(C)Oc1ccccc1CN1C(=O)C(=O)/C(=C(/O)c2ccc(Cl)cc2)C1c1ccc(O)cc1. The zero-order valence-corrected chi connectivity index (χ0v) is 20.4. The van der Waals surface area contributed by atoms with Gasteiger partial charge >= 0.3 is 0 Å². The summed E-state index contributed by atoms with van der Waals surface area (Å²) >= 11 is 5.98. The molecular formula is C28H26ClNO5. The summed E-state index contributed by atoms with van der Waals surface area (Å²) in [4.78, 5) is 27.9. The predicted molar refractivity (Wildman–Crippen MR) is 134 cm³/mol. The van der Waals surface area contributed by atoms with Crippen molar-refractivity contribution < 1.29 is 24.5 Å². The van der Waals surface area contributed by atoms with E-state index in [1.807, 2.05) is 45.0 Å². The van der Waals surface area contributed by atoms with Gasteiger partial charge in [0, 0.05) is 16.1 Å². The number of hydrogen-bond acceptors (Lipinski definition) is 5. The largest absolute Gasteiger partial charge is 0.508 e. The third-order valence-electron chi connectivity index (χ3n) is 5.60. The third-order valence-corrected chi connectivity index (χ3v) is 5.85. The lowest BCUT2D eigenvalue weighted by Gasteiger charge is -2.28. The van der Waals surface area contributed by atoms with Crippen LogP contribution in [-0.4, -0.2) is 32.4 Å². The Balaban J connectivity index is 1.83.